The molecule has 9 heteroatoms. The van der Waals surface area contributed by atoms with Crippen molar-refractivity contribution in [2.24, 2.45) is 0 Å². The Morgan fingerprint density at radius 3 is 2.11 bits per heavy atom. The smallest absolute Gasteiger partial charge is 0.193 e. The fourth-order valence-electron chi connectivity index (χ4n) is 5.91. The van der Waals surface area contributed by atoms with E-state index in [4.69, 9.17) is 23.0 Å². The Morgan fingerprint density at radius 2 is 1.39 bits per heavy atom. The molecule has 9 nitrogen and oxygen atoms in total. The van der Waals surface area contributed by atoms with Crippen molar-refractivity contribution in [2.45, 2.75) is 50.1 Å². The lowest BCUT2D eigenvalue weighted by Gasteiger charge is -2.34. The fourth-order valence-corrected chi connectivity index (χ4v) is 5.91. The van der Waals surface area contributed by atoms with Crippen molar-refractivity contribution in [1.29, 1.82) is 0 Å². The van der Waals surface area contributed by atoms with Crippen LogP contribution in [-0.4, -0.2) is 29.5 Å². The van der Waals surface area contributed by atoms with Gasteiger partial charge >= 0.3 is 0 Å². The minimum atomic E-state index is -1.45. The van der Waals surface area contributed by atoms with Gasteiger partial charge in [-0.15, -0.1) is 0 Å². The molecule has 0 saturated heterocycles. The first-order chi connectivity index (χ1) is 21.4. The Morgan fingerprint density at radius 1 is 0.727 bits per heavy atom. The van der Waals surface area contributed by atoms with Gasteiger partial charge in [0.25, 0.3) is 0 Å². The van der Waals surface area contributed by atoms with Gasteiger partial charge in [0.05, 0.1) is 18.1 Å². The Hall–Kier alpha value is -4.86. The highest BCUT2D eigenvalue weighted by molar-refractivity contribution is 5.81. The molecule has 1 aliphatic heterocycles. The molecular formula is C35H30O9. The van der Waals surface area contributed by atoms with Crippen LogP contribution in [0.1, 0.15) is 46.2 Å². The van der Waals surface area contributed by atoms with Crippen LogP contribution >= 0.6 is 0 Å². The van der Waals surface area contributed by atoms with Gasteiger partial charge in [0.15, 0.2) is 40.7 Å². The highest BCUT2D eigenvalue weighted by atomic mass is 16.6. The van der Waals surface area contributed by atoms with Gasteiger partial charge < -0.3 is 33.3 Å². The summed E-state index contributed by atoms with van der Waals surface area (Å²) in [5.74, 6) is 1.97. The molecule has 0 radical (unpaired) electrons. The topological polar surface area (TPSA) is 129 Å². The predicted molar refractivity (Wildman–Crippen MR) is 160 cm³/mol. The minimum absolute atomic E-state index is 0.00251. The van der Waals surface area contributed by atoms with Crippen molar-refractivity contribution in [3.8, 4) is 17.2 Å². The molecule has 7 rings (SSSR count). The van der Waals surface area contributed by atoms with Crippen LogP contribution in [0.5, 0.6) is 17.2 Å². The number of benzene rings is 3. The standard InChI is InChI=1S/C35H30O9/c1-40-21-11-7-20(8-12-21)10-14-23-16-26(37)30-33(42-23)31(38)35-32(39)34(30)43-29-18-27-24(17-28(29)44-35)25(36)15-22(41-27)13-9-19-5-3-2-4-6-19/h2-8,11-12,15-18,31-32,34-35,38-39H,9-10,13-14H2,1H3. The summed E-state index contributed by atoms with van der Waals surface area (Å²) in [4.78, 5) is 26.5. The minimum Gasteiger partial charge on any atom is -0.497 e. The van der Waals surface area contributed by atoms with Gasteiger partial charge in [-0.3, -0.25) is 9.59 Å². The van der Waals surface area contributed by atoms with E-state index in [1.165, 1.54) is 24.3 Å². The van der Waals surface area contributed by atoms with Crippen molar-refractivity contribution in [3.63, 3.8) is 0 Å². The Kier molecular flexibility index (Phi) is 7.20. The molecule has 2 aliphatic rings. The van der Waals surface area contributed by atoms with Crippen molar-refractivity contribution in [2.75, 3.05) is 7.11 Å². The zero-order chi connectivity index (χ0) is 30.4. The molecule has 2 N–H and O–H groups in total. The summed E-state index contributed by atoms with van der Waals surface area (Å²) in [6, 6.07) is 23.3. The summed E-state index contributed by atoms with van der Waals surface area (Å²) in [5.41, 5.74) is 1.79. The van der Waals surface area contributed by atoms with E-state index in [1.54, 1.807) is 7.11 Å². The first-order valence-electron chi connectivity index (χ1n) is 14.5. The second kappa shape index (κ2) is 11.3. The number of aliphatic hydroxyl groups is 2. The normalized spacial score (nSPS) is 20.2. The van der Waals surface area contributed by atoms with Gasteiger partial charge in [0.2, 0.25) is 0 Å². The van der Waals surface area contributed by atoms with Crippen molar-refractivity contribution in [1.82, 2.24) is 0 Å². The summed E-state index contributed by atoms with van der Waals surface area (Å²) in [6.07, 6.45) is -2.99. The van der Waals surface area contributed by atoms with E-state index >= 15 is 0 Å². The van der Waals surface area contributed by atoms with Crippen molar-refractivity contribution in [3.05, 3.63) is 133 Å². The maximum absolute atomic E-state index is 13.4. The second-order valence-corrected chi connectivity index (χ2v) is 11.1. The van der Waals surface area contributed by atoms with Gasteiger partial charge in [0.1, 0.15) is 34.7 Å². The number of hydrogen-bond acceptors (Lipinski definition) is 9. The lowest BCUT2D eigenvalue weighted by Crippen LogP contribution is -2.47. The van der Waals surface area contributed by atoms with Gasteiger partial charge in [-0.25, -0.2) is 0 Å². The molecule has 224 valence electrons. The molecule has 2 aromatic heterocycles. The average molecular weight is 595 g/mol. The maximum atomic E-state index is 13.4. The molecule has 3 aromatic carbocycles. The first kappa shape index (κ1) is 27.9. The van der Waals surface area contributed by atoms with E-state index in [2.05, 4.69) is 0 Å². The number of aliphatic hydroxyl groups excluding tert-OH is 2. The molecule has 0 spiro atoms. The molecule has 4 unspecified atom stereocenters. The van der Waals surface area contributed by atoms with E-state index < -0.39 is 29.8 Å². The lowest BCUT2D eigenvalue weighted by molar-refractivity contribution is -0.0979. The van der Waals surface area contributed by atoms with Crippen molar-refractivity contribution >= 4 is 11.0 Å². The van der Waals surface area contributed by atoms with Crippen LogP contribution < -0.4 is 25.1 Å². The predicted octanol–water partition coefficient (Wildman–Crippen LogP) is 4.61. The third kappa shape index (κ3) is 5.14. The molecular weight excluding hydrogens is 564 g/mol. The number of fused-ring (bicyclic) bond motifs is 6. The van der Waals surface area contributed by atoms with Gasteiger partial charge in [-0.2, -0.15) is 0 Å². The molecule has 44 heavy (non-hydrogen) atoms. The third-order valence-electron chi connectivity index (χ3n) is 8.26. The molecule has 0 amide bonds. The number of methoxy groups -OCH3 is 1. The summed E-state index contributed by atoms with van der Waals surface area (Å²) in [6.45, 7) is 0. The molecule has 2 bridgehead atoms. The van der Waals surface area contributed by atoms with Crippen LogP contribution in [0, 0.1) is 0 Å². The monoisotopic (exact) mass is 594 g/mol. The first-order valence-corrected chi connectivity index (χ1v) is 14.5. The molecule has 0 fully saturated rings. The number of hydrogen-bond donors (Lipinski definition) is 2. The molecule has 1 aliphatic carbocycles. The van der Waals surface area contributed by atoms with E-state index in [0.29, 0.717) is 37.2 Å². The van der Waals surface area contributed by atoms with Gasteiger partial charge in [-0.05, 0) is 42.2 Å². The molecule has 5 aromatic rings. The molecule has 3 heterocycles. The van der Waals surface area contributed by atoms with E-state index in [-0.39, 0.29) is 39.2 Å². The maximum Gasteiger partial charge on any atom is 0.193 e. The van der Waals surface area contributed by atoms with E-state index in [1.807, 2.05) is 54.6 Å². The summed E-state index contributed by atoms with van der Waals surface area (Å²) in [7, 11) is 1.60. The van der Waals surface area contributed by atoms with Crippen LogP contribution in [0.2, 0.25) is 0 Å². The van der Waals surface area contributed by atoms with Crippen LogP contribution in [0.4, 0.5) is 0 Å². The Balaban J connectivity index is 1.19. The summed E-state index contributed by atoms with van der Waals surface area (Å²) >= 11 is 0. The Labute approximate surface area is 251 Å². The molecule has 4 atom stereocenters. The van der Waals surface area contributed by atoms with Crippen molar-refractivity contribution < 1.29 is 33.3 Å². The zero-order valence-electron chi connectivity index (χ0n) is 23.9. The second-order valence-electron chi connectivity index (χ2n) is 11.1. The van der Waals surface area contributed by atoms with E-state index in [0.717, 1.165) is 16.9 Å². The van der Waals surface area contributed by atoms with Gasteiger partial charge in [-0.1, -0.05) is 42.5 Å². The SMILES string of the molecule is COc1ccc(CCc2cc(=O)c3c(o2)C(O)C2Oc4cc5c(=O)cc(CCc6ccccc6)oc5cc4OC3C2O)cc1. The van der Waals surface area contributed by atoms with Crippen LogP contribution in [0.15, 0.2) is 97.3 Å². The van der Waals surface area contributed by atoms with Crippen LogP contribution in [0.3, 0.4) is 0 Å². The van der Waals surface area contributed by atoms with Gasteiger partial charge in [0, 0.05) is 31.0 Å². The number of aryl methyl sites for hydroxylation is 4. The van der Waals surface area contributed by atoms with E-state index in [9.17, 15) is 19.8 Å². The molecule has 0 saturated carbocycles. The quantitative estimate of drug-likeness (QED) is 0.278. The van der Waals surface area contributed by atoms with Crippen LogP contribution in [0.25, 0.3) is 11.0 Å². The number of ether oxygens (including phenoxy) is 3. The zero-order valence-corrected chi connectivity index (χ0v) is 23.9. The summed E-state index contributed by atoms with van der Waals surface area (Å²) in [5, 5.41) is 22.7. The largest absolute Gasteiger partial charge is 0.497 e. The highest BCUT2D eigenvalue weighted by Gasteiger charge is 2.50. The fraction of sp³-hybridized carbons (Fsp3) is 0.257. The van der Waals surface area contributed by atoms with Crippen LogP contribution in [-0.2, 0) is 25.7 Å². The number of rotatable bonds is 7. The summed E-state index contributed by atoms with van der Waals surface area (Å²) < 4.78 is 29.6. The third-order valence-corrected chi connectivity index (χ3v) is 8.26. The average Bonchev–Trinajstić information content (AvgIpc) is 3.14. The highest BCUT2D eigenvalue weighted by Crippen LogP contribution is 2.46. The Bertz CT molecular complexity index is 1940. The lowest BCUT2D eigenvalue weighted by atomic mass is 9.86.